The summed E-state index contributed by atoms with van der Waals surface area (Å²) in [6.07, 6.45) is 4.34. The van der Waals surface area contributed by atoms with E-state index in [1.807, 2.05) is 6.92 Å². The Labute approximate surface area is 132 Å². The van der Waals surface area contributed by atoms with Gasteiger partial charge in [0.1, 0.15) is 5.76 Å². The van der Waals surface area contributed by atoms with Gasteiger partial charge in [0.05, 0.1) is 18.8 Å². The second kappa shape index (κ2) is 6.27. The molecular weight excluding hydrogens is 278 g/mol. The second-order valence-corrected chi connectivity index (χ2v) is 12.5. The molecule has 1 aliphatic carbocycles. The van der Waals surface area contributed by atoms with Crippen molar-refractivity contribution in [2.75, 3.05) is 27.3 Å². The first-order valence-electron chi connectivity index (χ1n) is 7.82. The number of allylic oxidation sites excluding steroid dienone is 1. The van der Waals surface area contributed by atoms with Gasteiger partial charge in [0.15, 0.2) is 8.32 Å². The van der Waals surface area contributed by atoms with E-state index < -0.39 is 8.32 Å². The van der Waals surface area contributed by atoms with E-state index in [1.165, 1.54) is 5.57 Å². The smallest absolute Gasteiger partial charge is 0.192 e. The average molecular weight is 312 g/mol. The third kappa shape index (κ3) is 3.99. The molecule has 122 valence electrons. The van der Waals surface area contributed by atoms with E-state index in [0.29, 0.717) is 13.2 Å². The van der Waals surface area contributed by atoms with Crippen LogP contribution in [0.3, 0.4) is 0 Å². The molecule has 1 rings (SSSR count). The third-order valence-electron chi connectivity index (χ3n) is 5.02. The summed E-state index contributed by atoms with van der Waals surface area (Å²) in [5.74, 6) is 0.961. The molecule has 4 heteroatoms. The highest BCUT2D eigenvalue weighted by atomic mass is 28.4. The Bertz CT molecular complexity index is 433. The fourth-order valence-electron chi connectivity index (χ4n) is 2.06. The second-order valence-electron chi connectivity index (χ2n) is 7.74. The maximum atomic E-state index is 6.40. The predicted octanol–water partition coefficient (Wildman–Crippen LogP) is 4.19. The van der Waals surface area contributed by atoms with Crippen molar-refractivity contribution in [1.29, 1.82) is 0 Å². The van der Waals surface area contributed by atoms with Crippen LogP contribution >= 0.6 is 0 Å². The van der Waals surface area contributed by atoms with Gasteiger partial charge in [-0.25, -0.2) is 0 Å². The van der Waals surface area contributed by atoms with E-state index in [2.05, 4.69) is 71.9 Å². The van der Waals surface area contributed by atoms with Crippen LogP contribution in [-0.4, -0.2) is 46.1 Å². The van der Waals surface area contributed by atoms with Crippen molar-refractivity contribution in [2.45, 2.75) is 58.3 Å². The van der Waals surface area contributed by atoms with E-state index in [4.69, 9.17) is 9.16 Å². The Morgan fingerprint density at radius 3 is 2.24 bits per heavy atom. The fraction of sp³-hybridized carbons (Fsp3) is 0.765. The fourth-order valence-corrected chi connectivity index (χ4v) is 3.01. The summed E-state index contributed by atoms with van der Waals surface area (Å²) in [5, 5.41) is 0.233. The first-order chi connectivity index (χ1) is 9.44. The van der Waals surface area contributed by atoms with Crippen LogP contribution in [-0.2, 0) is 9.16 Å². The summed E-state index contributed by atoms with van der Waals surface area (Å²) >= 11 is 0. The topological polar surface area (TPSA) is 21.7 Å². The minimum absolute atomic E-state index is 0.118. The van der Waals surface area contributed by atoms with Gasteiger partial charge >= 0.3 is 0 Å². The molecule has 1 unspecified atom stereocenters. The number of nitrogens with zero attached hydrogens (tertiary/aromatic N) is 1. The molecule has 0 radical (unpaired) electrons. The van der Waals surface area contributed by atoms with Gasteiger partial charge < -0.3 is 9.16 Å². The molecule has 0 aromatic rings. The Morgan fingerprint density at radius 1 is 1.24 bits per heavy atom. The summed E-state index contributed by atoms with van der Waals surface area (Å²) in [4.78, 5) is 2.22. The highest BCUT2D eigenvalue weighted by Gasteiger charge is 2.40. The average Bonchev–Trinajstić information content (AvgIpc) is 2.64. The third-order valence-corrected chi connectivity index (χ3v) is 9.50. The van der Waals surface area contributed by atoms with Gasteiger partial charge in [0.2, 0.25) is 0 Å². The summed E-state index contributed by atoms with van der Waals surface area (Å²) in [6.45, 7) is 17.0. The van der Waals surface area contributed by atoms with E-state index >= 15 is 0 Å². The Balaban J connectivity index is 2.89. The van der Waals surface area contributed by atoms with Crippen LogP contribution in [0, 0.1) is 0 Å². The van der Waals surface area contributed by atoms with Crippen LogP contribution < -0.4 is 0 Å². The summed E-state index contributed by atoms with van der Waals surface area (Å²) in [5.41, 5.74) is 1.16. The molecule has 0 aromatic heterocycles. The molecule has 0 fully saturated rings. The molecule has 1 aliphatic rings. The maximum absolute atomic E-state index is 6.40. The quantitative estimate of drug-likeness (QED) is 0.687. The van der Waals surface area contributed by atoms with Gasteiger partial charge in [0.25, 0.3) is 0 Å². The molecule has 0 heterocycles. The molecule has 0 amide bonds. The standard InChI is InChI=1S/C17H33NO2Si/c1-10-19-15-11-14(17(5,12-15)18(6)7)13-20-21(8,9)16(2,3)4/h11-12H,10,13H2,1-9H3. The number of likely N-dealkylation sites (N-methyl/N-ethyl adjacent to an activating group) is 1. The Morgan fingerprint density at radius 2 is 1.81 bits per heavy atom. The summed E-state index contributed by atoms with van der Waals surface area (Å²) in [6, 6.07) is 0. The van der Waals surface area contributed by atoms with Crippen LogP contribution in [0.25, 0.3) is 0 Å². The van der Waals surface area contributed by atoms with Crippen LogP contribution in [0.5, 0.6) is 0 Å². The number of hydrogen-bond acceptors (Lipinski definition) is 3. The minimum atomic E-state index is -1.73. The molecular formula is C17H33NO2Si. The Kier molecular flexibility index (Phi) is 5.51. The van der Waals surface area contributed by atoms with E-state index in [-0.39, 0.29) is 10.6 Å². The highest BCUT2D eigenvalue weighted by Crippen LogP contribution is 2.39. The zero-order valence-corrected chi connectivity index (χ0v) is 16.3. The normalized spacial score (nSPS) is 23.3. The molecule has 0 aliphatic heterocycles. The first-order valence-corrected chi connectivity index (χ1v) is 10.7. The van der Waals surface area contributed by atoms with Crippen molar-refractivity contribution >= 4 is 8.32 Å². The monoisotopic (exact) mass is 311 g/mol. The zero-order chi connectivity index (χ0) is 16.5. The van der Waals surface area contributed by atoms with Crippen LogP contribution in [0.15, 0.2) is 23.5 Å². The maximum Gasteiger partial charge on any atom is 0.192 e. The molecule has 0 saturated carbocycles. The van der Waals surface area contributed by atoms with Crippen molar-refractivity contribution in [1.82, 2.24) is 4.90 Å². The molecule has 1 atom stereocenters. The number of ether oxygens (including phenoxy) is 1. The van der Waals surface area contributed by atoms with Crippen molar-refractivity contribution in [3.63, 3.8) is 0 Å². The van der Waals surface area contributed by atoms with Gasteiger partial charge in [-0.1, -0.05) is 20.8 Å². The van der Waals surface area contributed by atoms with Crippen molar-refractivity contribution < 1.29 is 9.16 Å². The largest absolute Gasteiger partial charge is 0.494 e. The van der Waals surface area contributed by atoms with Crippen LogP contribution in [0.4, 0.5) is 0 Å². The van der Waals surface area contributed by atoms with Crippen molar-refractivity contribution in [3.8, 4) is 0 Å². The van der Waals surface area contributed by atoms with Crippen LogP contribution in [0.2, 0.25) is 18.1 Å². The number of hydrogen-bond donors (Lipinski definition) is 0. The molecule has 3 nitrogen and oxygen atoms in total. The van der Waals surface area contributed by atoms with Crippen molar-refractivity contribution in [2.24, 2.45) is 0 Å². The molecule has 0 N–H and O–H groups in total. The van der Waals surface area contributed by atoms with E-state index in [9.17, 15) is 0 Å². The Hall–Kier alpha value is -0.583. The van der Waals surface area contributed by atoms with Gasteiger partial charge in [-0.3, -0.25) is 4.90 Å². The van der Waals surface area contributed by atoms with Gasteiger partial charge in [-0.05, 0) is 63.8 Å². The lowest BCUT2D eigenvalue weighted by Gasteiger charge is -2.39. The van der Waals surface area contributed by atoms with Crippen molar-refractivity contribution in [3.05, 3.63) is 23.5 Å². The zero-order valence-electron chi connectivity index (χ0n) is 15.3. The van der Waals surface area contributed by atoms with Gasteiger partial charge in [-0.2, -0.15) is 0 Å². The molecule has 0 saturated heterocycles. The predicted molar refractivity (Wildman–Crippen MR) is 93.0 cm³/mol. The molecule has 0 spiro atoms. The van der Waals surface area contributed by atoms with Gasteiger partial charge in [-0.15, -0.1) is 0 Å². The summed E-state index contributed by atoms with van der Waals surface area (Å²) in [7, 11) is 2.47. The molecule has 21 heavy (non-hydrogen) atoms. The number of rotatable bonds is 6. The van der Waals surface area contributed by atoms with E-state index in [1.54, 1.807) is 0 Å². The first kappa shape index (κ1) is 18.5. The SMILES string of the molecule is CCOC1=CC(C)(N(C)C)C(CO[Si](C)(C)C(C)(C)C)=C1. The van der Waals surface area contributed by atoms with Gasteiger partial charge in [0, 0.05) is 0 Å². The highest BCUT2D eigenvalue weighted by molar-refractivity contribution is 6.74. The summed E-state index contributed by atoms with van der Waals surface area (Å²) < 4.78 is 12.1. The lowest BCUT2D eigenvalue weighted by Crippen LogP contribution is -2.45. The van der Waals surface area contributed by atoms with E-state index in [0.717, 1.165) is 5.76 Å². The molecule has 0 bridgehead atoms. The minimum Gasteiger partial charge on any atom is -0.494 e. The lowest BCUT2D eigenvalue weighted by molar-refractivity contribution is 0.223. The van der Waals surface area contributed by atoms with Crippen LogP contribution in [0.1, 0.15) is 34.6 Å². The lowest BCUT2D eigenvalue weighted by atomic mass is 9.95. The molecule has 0 aromatic carbocycles.